The van der Waals surface area contributed by atoms with E-state index in [1.165, 1.54) is 38.0 Å². The molecule has 1 aliphatic carbocycles. The highest BCUT2D eigenvalue weighted by atomic mass is 35.5. The van der Waals surface area contributed by atoms with E-state index in [4.69, 9.17) is 11.6 Å². The van der Waals surface area contributed by atoms with Crippen LogP contribution in [0.4, 0.5) is 0 Å². The first-order valence-corrected chi connectivity index (χ1v) is 10.5. The number of piperidine rings is 1. The van der Waals surface area contributed by atoms with Gasteiger partial charge < -0.3 is 15.5 Å². The number of aliphatic imine (C=N–C) groups is 1. The molecule has 144 valence electrons. The van der Waals surface area contributed by atoms with Crippen LogP contribution < -0.4 is 10.6 Å². The first kappa shape index (κ1) is 19.5. The lowest BCUT2D eigenvalue weighted by Crippen LogP contribution is -2.49. The minimum absolute atomic E-state index is 0.465. The van der Waals surface area contributed by atoms with Crippen LogP contribution in [0.5, 0.6) is 0 Å². The number of hydrogen-bond acceptors (Lipinski definition) is 2. The zero-order chi connectivity index (χ0) is 18.5. The van der Waals surface area contributed by atoms with Crippen molar-refractivity contribution in [1.29, 1.82) is 0 Å². The molecular formula is C21H33ClN4. The van der Waals surface area contributed by atoms with Crippen molar-refractivity contribution >= 4 is 17.6 Å². The van der Waals surface area contributed by atoms with Crippen molar-refractivity contribution in [1.82, 2.24) is 15.5 Å². The van der Waals surface area contributed by atoms with Gasteiger partial charge in [0.25, 0.3) is 0 Å². The standard InChI is InChI=1S/C21H33ClN4/c1-4-23-21(24-18-8-10-26(11-9-18)14-15(2)3)25-20-13-19(20)16-6-5-7-17(22)12-16/h5-7,12,15,18-20H,4,8-11,13-14H2,1-3H3,(H2,23,24,25). The Bertz CT molecular complexity index is 608. The molecule has 2 N–H and O–H groups in total. The van der Waals surface area contributed by atoms with Crippen LogP contribution in [0.25, 0.3) is 0 Å². The van der Waals surface area contributed by atoms with Crippen molar-refractivity contribution in [3.05, 3.63) is 34.9 Å². The normalized spacial score (nSPS) is 24.7. The number of halogens is 1. The van der Waals surface area contributed by atoms with E-state index in [1.807, 2.05) is 12.1 Å². The highest BCUT2D eigenvalue weighted by Gasteiger charge is 2.39. The topological polar surface area (TPSA) is 39.7 Å². The fraction of sp³-hybridized carbons (Fsp3) is 0.667. The molecule has 1 aromatic carbocycles. The maximum Gasteiger partial charge on any atom is 0.191 e. The Kier molecular flexibility index (Phi) is 6.82. The lowest BCUT2D eigenvalue weighted by atomic mass is 10.0. The summed E-state index contributed by atoms with van der Waals surface area (Å²) in [5.41, 5.74) is 1.33. The lowest BCUT2D eigenvalue weighted by molar-refractivity contribution is 0.187. The maximum atomic E-state index is 6.13. The van der Waals surface area contributed by atoms with E-state index in [9.17, 15) is 0 Å². The predicted octanol–water partition coefficient (Wildman–Crippen LogP) is 3.87. The summed E-state index contributed by atoms with van der Waals surface area (Å²) < 4.78 is 0. The molecule has 3 rings (SSSR count). The molecule has 0 bridgehead atoms. The zero-order valence-corrected chi connectivity index (χ0v) is 17.1. The smallest absolute Gasteiger partial charge is 0.191 e. The molecule has 2 atom stereocenters. The van der Waals surface area contributed by atoms with Crippen molar-refractivity contribution in [3.63, 3.8) is 0 Å². The second-order valence-corrected chi connectivity index (χ2v) is 8.52. The molecule has 0 aromatic heterocycles. The van der Waals surface area contributed by atoms with E-state index in [0.717, 1.165) is 29.9 Å². The first-order chi connectivity index (χ1) is 12.5. The summed E-state index contributed by atoms with van der Waals surface area (Å²) in [5, 5.41) is 8.13. The number of benzene rings is 1. The molecule has 0 spiro atoms. The van der Waals surface area contributed by atoms with Crippen LogP contribution in [0.1, 0.15) is 51.5 Å². The number of hydrogen-bond donors (Lipinski definition) is 2. The molecule has 4 nitrogen and oxygen atoms in total. The first-order valence-electron chi connectivity index (χ1n) is 10.1. The Labute approximate surface area is 163 Å². The minimum Gasteiger partial charge on any atom is -0.354 e. The Morgan fingerprint density at radius 3 is 2.69 bits per heavy atom. The third kappa shape index (κ3) is 5.62. The summed E-state index contributed by atoms with van der Waals surface area (Å²) in [7, 11) is 0. The van der Waals surface area contributed by atoms with Gasteiger partial charge in [-0.3, -0.25) is 4.99 Å². The molecule has 1 aliphatic heterocycles. The average Bonchev–Trinajstić information content (AvgIpc) is 3.35. The monoisotopic (exact) mass is 376 g/mol. The number of rotatable bonds is 6. The van der Waals surface area contributed by atoms with Crippen LogP contribution >= 0.6 is 11.6 Å². The van der Waals surface area contributed by atoms with Gasteiger partial charge >= 0.3 is 0 Å². The number of likely N-dealkylation sites (tertiary alicyclic amines) is 1. The molecular weight excluding hydrogens is 344 g/mol. The van der Waals surface area contributed by atoms with Gasteiger partial charge in [-0.05, 0) is 49.8 Å². The van der Waals surface area contributed by atoms with E-state index in [1.54, 1.807) is 0 Å². The van der Waals surface area contributed by atoms with Gasteiger partial charge in [0.2, 0.25) is 0 Å². The summed E-state index contributed by atoms with van der Waals surface area (Å²) in [5.74, 6) is 2.27. The highest BCUT2D eigenvalue weighted by Crippen LogP contribution is 2.41. The highest BCUT2D eigenvalue weighted by molar-refractivity contribution is 6.30. The van der Waals surface area contributed by atoms with E-state index < -0.39 is 0 Å². The lowest BCUT2D eigenvalue weighted by Gasteiger charge is -2.34. The van der Waals surface area contributed by atoms with E-state index in [2.05, 4.69) is 53.4 Å². The van der Waals surface area contributed by atoms with Gasteiger partial charge in [-0.25, -0.2) is 0 Å². The molecule has 2 aliphatic rings. The molecule has 1 heterocycles. The number of nitrogens with zero attached hydrogens (tertiary/aromatic N) is 2. The van der Waals surface area contributed by atoms with Gasteiger partial charge in [-0.2, -0.15) is 0 Å². The zero-order valence-electron chi connectivity index (χ0n) is 16.3. The second kappa shape index (κ2) is 9.09. The van der Waals surface area contributed by atoms with Crippen LogP contribution in [0.15, 0.2) is 29.3 Å². The fourth-order valence-electron chi connectivity index (χ4n) is 3.90. The minimum atomic E-state index is 0.465. The van der Waals surface area contributed by atoms with Crippen molar-refractivity contribution in [2.45, 2.75) is 58.0 Å². The summed E-state index contributed by atoms with van der Waals surface area (Å²) in [6, 6.07) is 9.23. The predicted molar refractivity (Wildman–Crippen MR) is 111 cm³/mol. The number of guanidine groups is 1. The third-order valence-corrected chi connectivity index (χ3v) is 5.49. The van der Waals surface area contributed by atoms with Gasteiger partial charge in [0, 0.05) is 49.2 Å². The molecule has 1 aromatic rings. The summed E-state index contributed by atoms with van der Waals surface area (Å²) in [6.45, 7) is 11.1. The molecule has 2 fully saturated rings. The SMILES string of the molecule is CCN=C(NC1CCN(CC(C)C)CC1)NC1CC1c1cccc(Cl)c1. The van der Waals surface area contributed by atoms with Crippen molar-refractivity contribution in [2.24, 2.45) is 10.9 Å². The maximum absolute atomic E-state index is 6.13. The van der Waals surface area contributed by atoms with Crippen LogP contribution in [0.2, 0.25) is 5.02 Å². The van der Waals surface area contributed by atoms with Crippen LogP contribution in [-0.4, -0.2) is 49.1 Å². The van der Waals surface area contributed by atoms with Crippen LogP contribution in [0, 0.1) is 5.92 Å². The van der Waals surface area contributed by atoms with E-state index >= 15 is 0 Å². The van der Waals surface area contributed by atoms with Crippen LogP contribution in [-0.2, 0) is 0 Å². The molecule has 2 unspecified atom stereocenters. The third-order valence-electron chi connectivity index (χ3n) is 5.26. The molecule has 26 heavy (non-hydrogen) atoms. The largest absolute Gasteiger partial charge is 0.354 e. The summed E-state index contributed by atoms with van der Waals surface area (Å²) >= 11 is 6.13. The van der Waals surface area contributed by atoms with Crippen molar-refractivity contribution in [2.75, 3.05) is 26.2 Å². The molecule has 0 radical (unpaired) electrons. The molecule has 1 saturated heterocycles. The Morgan fingerprint density at radius 1 is 1.27 bits per heavy atom. The quantitative estimate of drug-likeness (QED) is 0.584. The summed E-state index contributed by atoms with van der Waals surface area (Å²) in [4.78, 5) is 7.25. The van der Waals surface area contributed by atoms with E-state index in [-0.39, 0.29) is 0 Å². The summed E-state index contributed by atoms with van der Waals surface area (Å²) in [6.07, 6.45) is 3.54. The van der Waals surface area contributed by atoms with Gasteiger partial charge in [0.05, 0.1) is 0 Å². The van der Waals surface area contributed by atoms with Crippen molar-refractivity contribution < 1.29 is 0 Å². The van der Waals surface area contributed by atoms with Gasteiger partial charge in [0.1, 0.15) is 0 Å². The van der Waals surface area contributed by atoms with Crippen LogP contribution in [0.3, 0.4) is 0 Å². The Balaban J connectivity index is 1.48. The molecule has 5 heteroatoms. The average molecular weight is 377 g/mol. The Morgan fingerprint density at radius 2 is 2.04 bits per heavy atom. The second-order valence-electron chi connectivity index (χ2n) is 8.08. The molecule has 1 saturated carbocycles. The van der Waals surface area contributed by atoms with Crippen molar-refractivity contribution in [3.8, 4) is 0 Å². The van der Waals surface area contributed by atoms with Gasteiger partial charge in [-0.1, -0.05) is 37.6 Å². The Hall–Kier alpha value is -1.26. The van der Waals surface area contributed by atoms with Gasteiger partial charge in [-0.15, -0.1) is 0 Å². The number of nitrogens with one attached hydrogen (secondary N) is 2. The fourth-order valence-corrected chi connectivity index (χ4v) is 4.10. The molecule has 0 amide bonds. The van der Waals surface area contributed by atoms with E-state index in [0.29, 0.717) is 18.0 Å². The van der Waals surface area contributed by atoms with Gasteiger partial charge in [0.15, 0.2) is 5.96 Å².